The number of anilines is 2. The van der Waals surface area contributed by atoms with Gasteiger partial charge in [-0.05, 0) is 61.4 Å². The number of nitrogens with zero attached hydrogens (tertiary/aromatic N) is 5. The van der Waals surface area contributed by atoms with Crippen molar-refractivity contribution in [3.05, 3.63) is 77.6 Å². The fraction of sp³-hybridized carbons (Fsp3) is 0.257. The highest BCUT2D eigenvalue weighted by molar-refractivity contribution is 7.23. The van der Waals surface area contributed by atoms with Gasteiger partial charge in [0.25, 0.3) is 11.8 Å². The number of piperidine rings is 1. The zero-order valence-electron chi connectivity index (χ0n) is 27.2. The van der Waals surface area contributed by atoms with E-state index in [1.54, 1.807) is 29.5 Å². The summed E-state index contributed by atoms with van der Waals surface area (Å²) >= 11 is 1.58. The molecule has 3 N–H and O–H groups in total. The first-order valence-electron chi connectivity index (χ1n) is 16.2. The Morgan fingerprint density at radius 3 is 2.72 bits per heavy atom. The topological polar surface area (TPSA) is 161 Å². The van der Waals surface area contributed by atoms with Gasteiger partial charge in [0.1, 0.15) is 41.3 Å². The number of thiazole rings is 1. The molecular formula is C35H32N8O6S. The zero-order chi connectivity index (χ0) is 34.5. The number of carbonyl (C=O) groups excluding carboxylic acids is 4. The predicted octanol–water partition coefficient (Wildman–Crippen LogP) is 4.12. The third-order valence-corrected chi connectivity index (χ3v) is 9.87. The Labute approximate surface area is 289 Å². The Morgan fingerprint density at radius 1 is 1.00 bits per heavy atom. The third kappa shape index (κ3) is 5.40. The van der Waals surface area contributed by atoms with Crippen molar-refractivity contribution >= 4 is 67.3 Å². The number of hydrogen-bond acceptors (Lipinski definition) is 11. The summed E-state index contributed by atoms with van der Waals surface area (Å²) in [5, 5.41) is 8.65. The lowest BCUT2D eigenvalue weighted by molar-refractivity contribution is -0.136. The molecule has 0 spiro atoms. The number of fused-ring (bicyclic) bond motifs is 5. The van der Waals surface area contributed by atoms with E-state index in [4.69, 9.17) is 19.4 Å². The smallest absolute Gasteiger partial charge is 0.264 e. The largest absolute Gasteiger partial charge is 0.491 e. The molecule has 50 heavy (non-hydrogen) atoms. The number of carbonyl (C=O) groups is 4. The van der Waals surface area contributed by atoms with Crippen LogP contribution in [0.4, 0.5) is 11.5 Å². The van der Waals surface area contributed by atoms with Crippen LogP contribution in [-0.2, 0) is 14.3 Å². The molecule has 1 atom stereocenters. The van der Waals surface area contributed by atoms with Crippen LogP contribution in [-0.4, -0.2) is 86.8 Å². The Morgan fingerprint density at radius 2 is 1.88 bits per heavy atom. The van der Waals surface area contributed by atoms with Crippen molar-refractivity contribution in [1.82, 2.24) is 29.0 Å². The van der Waals surface area contributed by atoms with Gasteiger partial charge < -0.3 is 20.1 Å². The lowest BCUT2D eigenvalue weighted by Crippen LogP contribution is -2.54. The Balaban J connectivity index is 0.851. The normalized spacial score (nSPS) is 16.1. The Hall–Kier alpha value is -5.80. The molecule has 4 amide bonds. The van der Waals surface area contributed by atoms with Gasteiger partial charge in [0.15, 0.2) is 4.96 Å². The van der Waals surface area contributed by atoms with Crippen molar-refractivity contribution in [3.63, 3.8) is 0 Å². The summed E-state index contributed by atoms with van der Waals surface area (Å²) < 4.78 is 16.8. The van der Waals surface area contributed by atoms with Crippen LogP contribution in [0.15, 0.2) is 60.9 Å². The maximum absolute atomic E-state index is 13.3. The first-order valence-corrected chi connectivity index (χ1v) is 17.0. The number of benzene rings is 2. The molecule has 2 aliphatic heterocycles. The van der Waals surface area contributed by atoms with Gasteiger partial charge in [0, 0.05) is 38.1 Å². The summed E-state index contributed by atoms with van der Waals surface area (Å²) in [4.78, 5) is 61.8. The van der Waals surface area contributed by atoms with E-state index in [1.807, 2.05) is 55.0 Å². The molecule has 14 nitrogen and oxygen atoms in total. The van der Waals surface area contributed by atoms with Crippen LogP contribution in [0.1, 0.15) is 39.1 Å². The number of imidazole rings is 2. The second-order valence-electron chi connectivity index (χ2n) is 12.1. The number of nitrogens with one attached hydrogen (secondary N) is 3. The number of rotatable bonds is 11. The molecule has 2 aliphatic rings. The molecule has 15 heteroatoms. The van der Waals surface area contributed by atoms with Gasteiger partial charge in [-0.1, -0.05) is 17.4 Å². The van der Waals surface area contributed by atoms with Crippen LogP contribution in [0, 0.1) is 6.92 Å². The first kappa shape index (κ1) is 31.5. The average molecular weight is 693 g/mol. The monoisotopic (exact) mass is 692 g/mol. The highest BCUT2D eigenvalue weighted by atomic mass is 32.1. The van der Waals surface area contributed by atoms with E-state index in [9.17, 15) is 19.2 Å². The number of aryl methyl sites for hydroxylation is 1. The van der Waals surface area contributed by atoms with E-state index in [2.05, 4.69) is 26.4 Å². The Bertz CT molecular complexity index is 2360. The fourth-order valence-corrected chi connectivity index (χ4v) is 7.53. The molecule has 0 aliphatic carbocycles. The standard InChI is InChI=1S/C35H32N8O6S/c1-19-10-12-41-27(16-19)39-30(31(41)36-2)23-18-42-24-7-6-20(17-26(24)50-35(42)38-23)49-15-14-48-13-11-37-22-5-3-4-21-29(22)34(47)43(33(21)46)25-8-9-28(44)40-32(25)45/h3-7,10,12,16-18,25,36-37H,8-9,11,13-15H2,1-2H3,(H,40,44,45). The van der Waals surface area contributed by atoms with Crippen molar-refractivity contribution in [3.8, 4) is 17.1 Å². The third-order valence-electron chi connectivity index (χ3n) is 8.85. The van der Waals surface area contributed by atoms with E-state index in [-0.39, 0.29) is 24.0 Å². The Kier molecular flexibility index (Phi) is 7.92. The quantitative estimate of drug-likeness (QED) is 0.133. The van der Waals surface area contributed by atoms with E-state index in [1.165, 1.54) is 0 Å². The highest BCUT2D eigenvalue weighted by Crippen LogP contribution is 2.35. The summed E-state index contributed by atoms with van der Waals surface area (Å²) in [6, 6.07) is 14.0. The van der Waals surface area contributed by atoms with Crippen molar-refractivity contribution in [2.45, 2.75) is 25.8 Å². The second-order valence-corrected chi connectivity index (χ2v) is 13.1. The van der Waals surface area contributed by atoms with Crippen molar-refractivity contribution in [2.75, 3.05) is 44.0 Å². The van der Waals surface area contributed by atoms with Gasteiger partial charge in [-0.3, -0.25) is 38.2 Å². The predicted molar refractivity (Wildman–Crippen MR) is 187 cm³/mol. The van der Waals surface area contributed by atoms with Gasteiger partial charge in [-0.25, -0.2) is 9.97 Å². The van der Waals surface area contributed by atoms with Crippen molar-refractivity contribution in [2.24, 2.45) is 0 Å². The summed E-state index contributed by atoms with van der Waals surface area (Å²) in [5.41, 5.74) is 5.53. The molecule has 4 aromatic heterocycles. The summed E-state index contributed by atoms with van der Waals surface area (Å²) in [6.07, 6.45) is 4.19. The number of amides is 4. The van der Waals surface area contributed by atoms with Crippen LogP contribution in [0.5, 0.6) is 5.75 Å². The average Bonchev–Trinajstić information content (AvgIpc) is 3.83. The van der Waals surface area contributed by atoms with Crippen LogP contribution >= 0.6 is 11.3 Å². The van der Waals surface area contributed by atoms with E-state index < -0.39 is 29.7 Å². The number of ether oxygens (including phenoxy) is 2. The maximum Gasteiger partial charge on any atom is 0.264 e. The summed E-state index contributed by atoms with van der Waals surface area (Å²) in [6.45, 7) is 3.44. The van der Waals surface area contributed by atoms with Crippen molar-refractivity contribution in [1.29, 1.82) is 0 Å². The molecule has 0 radical (unpaired) electrons. The van der Waals surface area contributed by atoms with Gasteiger partial charge in [-0.15, -0.1) is 0 Å². The molecule has 2 aromatic carbocycles. The van der Waals surface area contributed by atoms with Crippen LogP contribution < -0.4 is 20.7 Å². The van der Waals surface area contributed by atoms with Crippen LogP contribution in [0.2, 0.25) is 0 Å². The lowest BCUT2D eigenvalue weighted by Gasteiger charge is -2.27. The molecule has 8 rings (SSSR count). The number of aromatic nitrogens is 4. The van der Waals surface area contributed by atoms with Crippen LogP contribution in [0.3, 0.4) is 0 Å². The number of hydrogen-bond donors (Lipinski definition) is 3. The lowest BCUT2D eigenvalue weighted by atomic mass is 10.0. The van der Waals surface area contributed by atoms with Gasteiger partial charge in [-0.2, -0.15) is 0 Å². The molecule has 1 unspecified atom stereocenters. The van der Waals surface area contributed by atoms with Gasteiger partial charge >= 0.3 is 0 Å². The molecular weight excluding hydrogens is 661 g/mol. The molecule has 6 aromatic rings. The second kappa shape index (κ2) is 12.6. The molecule has 254 valence electrons. The number of pyridine rings is 1. The van der Waals surface area contributed by atoms with E-state index in [0.717, 1.165) is 54.2 Å². The van der Waals surface area contributed by atoms with E-state index >= 15 is 0 Å². The minimum absolute atomic E-state index is 0.0670. The maximum atomic E-state index is 13.3. The van der Waals surface area contributed by atoms with Crippen LogP contribution in [0.25, 0.3) is 32.2 Å². The molecule has 0 saturated carbocycles. The minimum atomic E-state index is -1.01. The molecule has 1 fully saturated rings. The molecule has 1 saturated heterocycles. The summed E-state index contributed by atoms with van der Waals surface area (Å²) in [5.74, 6) is -0.545. The van der Waals surface area contributed by atoms with Gasteiger partial charge in [0.2, 0.25) is 11.8 Å². The van der Waals surface area contributed by atoms with E-state index in [0.29, 0.717) is 32.1 Å². The van der Waals surface area contributed by atoms with Crippen molar-refractivity contribution < 1.29 is 28.7 Å². The van der Waals surface area contributed by atoms with Gasteiger partial charge in [0.05, 0.1) is 34.6 Å². The minimum Gasteiger partial charge on any atom is -0.491 e. The number of imide groups is 2. The SMILES string of the molecule is CNc1c(-c2cn3c(n2)sc2cc(OCCOCCNc4cccc5c4C(=O)N(C4CCC(=O)NC4=O)C5=O)ccc23)nc2cc(C)ccn12. The molecule has 0 bridgehead atoms. The fourth-order valence-electron chi connectivity index (χ4n) is 6.49. The first-order chi connectivity index (χ1) is 24.3. The summed E-state index contributed by atoms with van der Waals surface area (Å²) in [7, 11) is 1.88. The zero-order valence-corrected chi connectivity index (χ0v) is 28.0. The molecule has 6 heterocycles. The highest BCUT2D eigenvalue weighted by Gasteiger charge is 2.45.